The molecule has 0 atom stereocenters. The summed E-state index contributed by atoms with van der Waals surface area (Å²) >= 11 is 0. The first-order valence-corrected chi connectivity index (χ1v) is 5.04. The Morgan fingerprint density at radius 2 is 2.00 bits per heavy atom. The topological polar surface area (TPSA) is 49.8 Å². The van der Waals surface area contributed by atoms with Crippen molar-refractivity contribution in [3.8, 4) is 5.75 Å². The van der Waals surface area contributed by atoms with Crippen molar-refractivity contribution in [3.05, 3.63) is 23.3 Å². The minimum absolute atomic E-state index is 0.326. The first-order valence-electron chi connectivity index (χ1n) is 5.04. The molecule has 0 spiro atoms. The third-order valence-electron chi connectivity index (χ3n) is 2.58. The van der Waals surface area contributed by atoms with Gasteiger partial charge in [-0.1, -0.05) is 0 Å². The van der Waals surface area contributed by atoms with Crippen molar-refractivity contribution in [3.63, 3.8) is 0 Å². The summed E-state index contributed by atoms with van der Waals surface area (Å²) in [7, 11) is 3.26. The van der Waals surface area contributed by atoms with Gasteiger partial charge in [0.15, 0.2) is 0 Å². The van der Waals surface area contributed by atoms with Crippen LogP contribution in [0.3, 0.4) is 0 Å². The highest BCUT2D eigenvalue weighted by Gasteiger charge is 2.13. The van der Waals surface area contributed by atoms with Crippen LogP contribution in [0.5, 0.6) is 5.75 Å². The first-order chi connectivity index (χ1) is 7.51. The van der Waals surface area contributed by atoms with Gasteiger partial charge in [0, 0.05) is 12.7 Å². The highest BCUT2D eigenvalue weighted by atomic mass is 16.5. The third kappa shape index (κ3) is 2.33. The van der Waals surface area contributed by atoms with Crippen LogP contribution >= 0.6 is 0 Å². The van der Waals surface area contributed by atoms with Crippen molar-refractivity contribution in [1.29, 1.82) is 0 Å². The summed E-state index contributed by atoms with van der Waals surface area (Å²) in [5.41, 5.74) is 2.68. The molecule has 0 aromatic heterocycles. The number of ether oxygens (including phenoxy) is 1. The van der Waals surface area contributed by atoms with Gasteiger partial charge in [0.2, 0.25) is 0 Å². The van der Waals surface area contributed by atoms with Gasteiger partial charge in [-0.3, -0.25) is 4.79 Å². The van der Waals surface area contributed by atoms with Crippen molar-refractivity contribution in [2.75, 3.05) is 25.7 Å². The average molecular weight is 223 g/mol. The zero-order valence-corrected chi connectivity index (χ0v) is 10.1. The minimum Gasteiger partial charge on any atom is -0.496 e. The molecule has 0 saturated heterocycles. The fourth-order valence-electron chi connectivity index (χ4n) is 1.60. The van der Waals surface area contributed by atoms with Crippen LogP contribution in [0.25, 0.3) is 0 Å². The molecule has 1 aromatic carbocycles. The molecule has 88 valence electrons. The maximum atomic E-state index is 11.4. The van der Waals surface area contributed by atoms with Crippen LogP contribution in [0.15, 0.2) is 12.1 Å². The molecule has 16 heavy (non-hydrogen) atoms. The van der Waals surface area contributed by atoms with Crippen molar-refractivity contribution in [2.24, 2.45) is 0 Å². The lowest BCUT2D eigenvalue weighted by Crippen LogP contribution is -2.29. The van der Waals surface area contributed by atoms with Gasteiger partial charge in [-0.2, -0.15) is 0 Å². The molecule has 0 fully saturated rings. The van der Waals surface area contributed by atoms with E-state index < -0.39 is 6.61 Å². The molecule has 4 nitrogen and oxygen atoms in total. The molecule has 1 amide bonds. The number of aryl methyl sites for hydroxylation is 2. The van der Waals surface area contributed by atoms with Crippen molar-refractivity contribution in [2.45, 2.75) is 13.8 Å². The lowest BCUT2D eigenvalue weighted by Gasteiger charge is -2.20. The maximum Gasteiger partial charge on any atom is 0.252 e. The standard InChI is InChI=1S/C12H17NO3/c1-8-6-11(16-4)9(2)5-10(8)13(3)12(15)7-14/h5-6,14H,7H2,1-4H3. The summed E-state index contributed by atoms with van der Waals surface area (Å²) in [6.07, 6.45) is 0. The number of methoxy groups -OCH3 is 1. The second kappa shape index (κ2) is 4.99. The normalized spacial score (nSPS) is 10.1. The van der Waals surface area contributed by atoms with Crippen LogP contribution in [0.2, 0.25) is 0 Å². The molecule has 0 unspecified atom stereocenters. The number of nitrogens with zero attached hydrogens (tertiary/aromatic N) is 1. The molecule has 1 N–H and O–H groups in total. The van der Waals surface area contributed by atoms with E-state index >= 15 is 0 Å². The van der Waals surface area contributed by atoms with Gasteiger partial charge in [0.1, 0.15) is 12.4 Å². The lowest BCUT2D eigenvalue weighted by molar-refractivity contribution is -0.120. The summed E-state index contributed by atoms with van der Waals surface area (Å²) < 4.78 is 5.19. The van der Waals surface area contributed by atoms with E-state index in [-0.39, 0.29) is 5.91 Å². The second-order valence-corrected chi connectivity index (χ2v) is 3.72. The number of anilines is 1. The van der Waals surface area contributed by atoms with E-state index in [2.05, 4.69) is 0 Å². The number of likely N-dealkylation sites (N-methyl/N-ethyl adjacent to an activating group) is 1. The van der Waals surface area contributed by atoms with Crippen molar-refractivity contribution >= 4 is 11.6 Å². The highest BCUT2D eigenvalue weighted by Crippen LogP contribution is 2.28. The number of aliphatic hydroxyl groups excluding tert-OH is 1. The average Bonchev–Trinajstić information content (AvgIpc) is 2.29. The molecule has 0 aliphatic rings. The second-order valence-electron chi connectivity index (χ2n) is 3.72. The highest BCUT2D eigenvalue weighted by molar-refractivity contribution is 5.94. The Morgan fingerprint density at radius 3 is 2.50 bits per heavy atom. The molecule has 0 aliphatic carbocycles. The Balaban J connectivity index is 3.15. The van der Waals surface area contributed by atoms with E-state index in [0.717, 1.165) is 22.6 Å². The van der Waals surface area contributed by atoms with E-state index in [1.807, 2.05) is 26.0 Å². The van der Waals surface area contributed by atoms with Gasteiger partial charge in [0.05, 0.1) is 7.11 Å². The molecule has 0 radical (unpaired) electrons. The van der Waals surface area contributed by atoms with Gasteiger partial charge in [-0.15, -0.1) is 0 Å². The number of hydrogen-bond donors (Lipinski definition) is 1. The van der Waals surface area contributed by atoms with E-state index in [1.54, 1.807) is 14.2 Å². The molecule has 0 aliphatic heterocycles. The Hall–Kier alpha value is -1.55. The molecule has 0 saturated carbocycles. The number of rotatable bonds is 3. The van der Waals surface area contributed by atoms with Gasteiger partial charge in [-0.25, -0.2) is 0 Å². The Kier molecular flexibility index (Phi) is 3.90. The number of aliphatic hydroxyl groups is 1. The maximum absolute atomic E-state index is 11.4. The quantitative estimate of drug-likeness (QED) is 0.839. The van der Waals surface area contributed by atoms with E-state index in [0.29, 0.717) is 0 Å². The first kappa shape index (κ1) is 12.5. The van der Waals surface area contributed by atoms with E-state index in [9.17, 15) is 4.79 Å². The van der Waals surface area contributed by atoms with Crippen LogP contribution in [0.4, 0.5) is 5.69 Å². The van der Waals surface area contributed by atoms with Crippen LogP contribution in [0, 0.1) is 13.8 Å². The Labute approximate surface area is 95.5 Å². The van der Waals surface area contributed by atoms with E-state index in [1.165, 1.54) is 4.90 Å². The van der Waals surface area contributed by atoms with Crippen LogP contribution in [-0.4, -0.2) is 31.8 Å². The third-order valence-corrected chi connectivity index (χ3v) is 2.58. The fourth-order valence-corrected chi connectivity index (χ4v) is 1.60. The number of amides is 1. The molecule has 4 heteroatoms. The summed E-state index contributed by atoms with van der Waals surface area (Å²) in [4.78, 5) is 12.8. The number of hydrogen-bond acceptors (Lipinski definition) is 3. The predicted octanol–water partition coefficient (Wildman–Crippen LogP) is 1.27. The minimum atomic E-state index is -0.485. The van der Waals surface area contributed by atoms with Crippen LogP contribution < -0.4 is 9.64 Å². The number of carbonyl (C=O) groups is 1. The zero-order chi connectivity index (χ0) is 12.3. The largest absolute Gasteiger partial charge is 0.496 e. The molecule has 0 heterocycles. The Morgan fingerprint density at radius 1 is 1.38 bits per heavy atom. The zero-order valence-electron chi connectivity index (χ0n) is 10.1. The Bertz CT molecular complexity index is 401. The predicted molar refractivity (Wildman–Crippen MR) is 63.0 cm³/mol. The monoisotopic (exact) mass is 223 g/mol. The summed E-state index contributed by atoms with van der Waals surface area (Å²) in [5, 5.41) is 8.81. The fraction of sp³-hybridized carbons (Fsp3) is 0.417. The van der Waals surface area contributed by atoms with Crippen molar-refractivity contribution in [1.82, 2.24) is 0 Å². The molecular formula is C12H17NO3. The van der Waals surface area contributed by atoms with Gasteiger partial charge in [-0.05, 0) is 37.1 Å². The summed E-state index contributed by atoms with van der Waals surface area (Å²) in [6.45, 7) is 3.33. The van der Waals surface area contributed by atoms with Gasteiger partial charge < -0.3 is 14.7 Å². The SMILES string of the molecule is COc1cc(C)c(N(C)C(=O)CO)cc1C. The molecule has 1 rings (SSSR count). The lowest BCUT2D eigenvalue weighted by atomic mass is 10.1. The summed E-state index contributed by atoms with van der Waals surface area (Å²) in [6, 6.07) is 3.76. The molecular weight excluding hydrogens is 206 g/mol. The molecule has 1 aromatic rings. The smallest absolute Gasteiger partial charge is 0.252 e. The number of carbonyl (C=O) groups excluding carboxylic acids is 1. The molecule has 0 bridgehead atoms. The summed E-state index contributed by atoms with van der Waals surface area (Å²) in [5.74, 6) is 0.471. The van der Waals surface area contributed by atoms with Crippen LogP contribution in [0.1, 0.15) is 11.1 Å². The van der Waals surface area contributed by atoms with Gasteiger partial charge >= 0.3 is 0 Å². The number of benzene rings is 1. The van der Waals surface area contributed by atoms with Gasteiger partial charge in [0.25, 0.3) is 5.91 Å². The van der Waals surface area contributed by atoms with Crippen LogP contribution in [-0.2, 0) is 4.79 Å². The van der Waals surface area contributed by atoms with Crippen molar-refractivity contribution < 1.29 is 14.6 Å². The van der Waals surface area contributed by atoms with E-state index in [4.69, 9.17) is 9.84 Å².